The average molecular weight is 442 g/mol. The zero-order valence-corrected chi connectivity index (χ0v) is 14.7. The predicted molar refractivity (Wildman–Crippen MR) is 89.6 cm³/mol. The van der Waals surface area contributed by atoms with Crippen molar-refractivity contribution in [2.24, 2.45) is 0 Å². The van der Waals surface area contributed by atoms with Crippen LogP contribution in [0.2, 0.25) is 5.02 Å². The van der Waals surface area contributed by atoms with Crippen LogP contribution >= 0.6 is 45.5 Å². The molecule has 0 saturated heterocycles. The Kier molecular flexibility index (Phi) is 4.73. The van der Waals surface area contributed by atoms with Gasteiger partial charge in [-0.3, -0.25) is 4.79 Å². The van der Waals surface area contributed by atoms with Crippen molar-refractivity contribution < 1.29 is 13.2 Å². The summed E-state index contributed by atoms with van der Waals surface area (Å²) in [7, 11) is -3.35. The molecule has 0 saturated carbocycles. The first kappa shape index (κ1) is 15.7. The zero-order valence-electron chi connectivity index (χ0n) is 10.2. The smallest absolute Gasteiger partial charge is 0.256 e. The van der Waals surface area contributed by atoms with Crippen molar-refractivity contribution in [3.8, 4) is 0 Å². The van der Waals surface area contributed by atoms with E-state index in [4.69, 9.17) is 11.6 Å². The Bertz CT molecular complexity index is 771. The molecule has 0 unspecified atom stereocenters. The topological polar surface area (TPSA) is 63.2 Å². The molecule has 0 atom stereocenters. The van der Waals surface area contributed by atoms with Crippen molar-refractivity contribution in [1.29, 1.82) is 0 Å². The fourth-order valence-electron chi connectivity index (χ4n) is 1.45. The van der Waals surface area contributed by atoms with Gasteiger partial charge in [0.05, 0.1) is 24.1 Å². The van der Waals surface area contributed by atoms with Gasteiger partial charge in [0.25, 0.3) is 5.91 Å². The molecule has 2 aromatic rings. The first-order chi connectivity index (χ1) is 9.27. The van der Waals surface area contributed by atoms with E-state index >= 15 is 0 Å². The number of carbonyl (C=O) groups is 1. The van der Waals surface area contributed by atoms with Crippen molar-refractivity contribution in [2.75, 3.05) is 11.6 Å². The third-order valence-corrected chi connectivity index (χ3v) is 5.67. The Morgan fingerprint density at radius 1 is 1.35 bits per heavy atom. The van der Waals surface area contributed by atoms with Crippen molar-refractivity contribution in [2.45, 2.75) is 4.90 Å². The van der Waals surface area contributed by atoms with Gasteiger partial charge in [0, 0.05) is 11.6 Å². The summed E-state index contributed by atoms with van der Waals surface area (Å²) >= 11 is 9.55. The SMILES string of the molecule is CS(=O)(=O)c1ccc(Cl)c(NC(=O)c2csc(I)c2)c1. The number of hydrogen-bond acceptors (Lipinski definition) is 4. The Hall–Kier alpha value is -0.640. The standard InChI is InChI=1S/C12H9ClINO3S2/c1-20(17,18)8-2-3-9(13)10(5-8)15-12(16)7-4-11(14)19-6-7/h2-6H,1H3,(H,15,16). The number of sulfone groups is 1. The highest BCUT2D eigenvalue weighted by molar-refractivity contribution is 14.1. The number of carbonyl (C=O) groups excluding carboxylic acids is 1. The summed E-state index contributed by atoms with van der Waals surface area (Å²) < 4.78 is 24.0. The molecule has 1 heterocycles. The van der Waals surface area contributed by atoms with Crippen LogP contribution < -0.4 is 5.32 Å². The van der Waals surface area contributed by atoms with E-state index in [2.05, 4.69) is 27.9 Å². The van der Waals surface area contributed by atoms with Crippen LogP contribution in [-0.4, -0.2) is 20.6 Å². The van der Waals surface area contributed by atoms with Gasteiger partial charge in [0.1, 0.15) is 0 Å². The van der Waals surface area contributed by atoms with E-state index in [1.165, 1.54) is 29.5 Å². The summed E-state index contributed by atoms with van der Waals surface area (Å²) in [4.78, 5) is 12.1. The number of nitrogens with one attached hydrogen (secondary N) is 1. The van der Waals surface area contributed by atoms with Gasteiger partial charge in [-0.1, -0.05) is 11.6 Å². The quantitative estimate of drug-likeness (QED) is 0.740. The minimum absolute atomic E-state index is 0.108. The first-order valence-corrected chi connectivity index (χ1v) is 9.55. The van der Waals surface area contributed by atoms with Crippen LogP contribution in [0.5, 0.6) is 0 Å². The number of halogens is 2. The van der Waals surface area contributed by atoms with Crippen molar-refractivity contribution in [3.63, 3.8) is 0 Å². The third kappa shape index (κ3) is 3.72. The van der Waals surface area contributed by atoms with E-state index in [9.17, 15) is 13.2 Å². The van der Waals surface area contributed by atoms with Crippen LogP contribution in [0.25, 0.3) is 0 Å². The molecule has 8 heteroatoms. The second kappa shape index (κ2) is 6.00. The average Bonchev–Trinajstić information content (AvgIpc) is 2.77. The van der Waals surface area contributed by atoms with Crippen LogP contribution in [0.15, 0.2) is 34.5 Å². The summed E-state index contributed by atoms with van der Waals surface area (Å²) in [5.74, 6) is -0.322. The van der Waals surface area contributed by atoms with Gasteiger partial charge < -0.3 is 5.32 Å². The number of amides is 1. The van der Waals surface area contributed by atoms with Gasteiger partial charge in [-0.15, -0.1) is 11.3 Å². The molecule has 20 heavy (non-hydrogen) atoms. The predicted octanol–water partition coefficient (Wildman–Crippen LogP) is 3.66. The largest absolute Gasteiger partial charge is 0.321 e. The summed E-state index contributed by atoms with van der Waals surface area (Å²) in [6.45, 7) is 0. The molecular formula is C12H9ClINO3S2. The highest BCUT2D eigenvalue weighted by Crippen LogP contribution is 2.26. The van der Waals surface area contributed by atoms with Gasteiger partial charge in [0.15, 0.2) is 9.84 Å². The molecule has 4 nitrogen and oxygen atoms in total. The van der Waals surface area contributed by atoms with Crippen LogP contribution in [0.4, 0.5) is 5.69 Å². The lowest BCUT2D eigenvalue weighted by Crippen LogP contribution is -2.12. The van der Waals surface area contributed by atoms with Crippen molar-refractivity contribution >= 4 is 67.0 Å². The van der Waals surface area contributed by atoms with Crippen LogP contribution in [0.1, 0.15) is 10.4 Å². The highest BCUT2D eigenvalue weighted by Gasteiger charge is 2.14. The molecule has 0 bridgehead atoms. The third-order valence-electron chi connectivity index (χ3n) is 2.44. The fraction of sp³-hybridized carbons (Fsp3) is 0.0833. The Morgan fingerprint density at radius 2 is 2.05 bits per heavy atom. The molecule has 2 rings (SSSR count). The molecule has 1 aromatic carbocycles. The lowest BCUT2D eigenvalue weighted by molar-refractivity contribution is 0.102. The normalized spacial score (nSPS) is 11.3. The molecule has 0 spiro atoms. The number of hydrogen-bond donors (Lipinski definition) is 1. The van der Waals surface area contributed by atoms with Crippen molar-refractivity contribution in [3.05, 3.63) is 43.1 Å². The maximum absolute atomic E-state index is 12.0. The molecule has 106 valence electrons. The summed E-state index contributed by atoms with van der Waals surface area (Å²) in [6, 6.07) is 5.95. The molecule has 0 aliphatic carbocycles. The summed E-state index contributed by atoms with van der Waals surface area (Å²) in [6.07, 6.45) is 1.10. The second-order valence-electron chi connectivity index (χ2n) is 4.01. The lowest BCUT2D eigenvalue weighted by Gasteiger charge is -2.08. The van der Waals surface area contributed by atoms with E-state index in [1.54, 1.807) is 11.4 Å². The Balaban J connectivity index is 2.31. The van der Waals surface area contributed by atoms with Crippen LogP contribution in [-0.2, 0) is 9.84 Å². The summed E-state index contributed by atoms with van der Waals surface area (Å²) in [5, 5.41) is 4.64. The molecular weight excluding hydrogens is 433 g/mol. The minimum Gasteiger partial charge on any atom is -0.321 e. The zero-order chi connectivity index (χ0) is 14.9. The Morgan fingerprint density at radius 3 is 2.60 bits per heavy atom. The first-order valence-electron chi connectivity index (χ1n) is 5.32. The van der Waals surface area contributed by atoms with Gasteiger partial charge in [0.2, 0.25) is 0 Å². The van der Waals surface area contributed by atoms with E-state index in [1.807, 2.05) is 0 Å². The molecule has 1 aromatic heterocycles. The van der Waals surface area contributed by atoms with E-state index < -0.39 is 9.84 Å². The fourth-order valence-corrected chi connectivity index (χ4v) is 3.59. The van der Waals surface area contributed by atoms with Crippen molar-refractivity contribution in [1.82, 2.24) is 0 Å². The van der Waals surface area contributed by atoms with Gasteiger partial charge in [-0.25, -0.2) is 8.42 Å². The van der Waals surface area contributed by atoms with E-state index in [0.717, 1.165) is 9.14 Å². The highest BCUT2D eigenvalue weighted by atomic mass is 127. The maximum atomic E-state index is 12.0. The number of thiophene rings is 1. The second-order valence-corrected chi connectivity index (χ2v) is 9.24. The van der Waals surface area contributed by atoms with E-state index in [0.29, 0.717) is 5.56 Å². The molecule has 1 N–H and O–H groups in total. The van der Waals surface area contributed by atoms with Gasteiger partial charge in [-0.05, 0) is 46.9 Å². The number of rotatable bonds is 3. The Labute approximate surface area is 139 Å². The van der Waals surface area contributed by atoms with Gasteiger partial charge >= 0.3 is 0 Å². The van der Waals surface area contributed by atoms with Gasteiger partial charge in [-0.2, -0.15) is 0 Å². The molecule has 0 aliphatic rings. The number of anilines is 1. The molecule has 1 amide bonds. The minimum atomic E-state index is -3.35. The van der Waals surface area contributed by atoms with Crippen LogP contribution in [0, 0.1) is 2.88 Å². The molecule has 0 radical (unpaired) electrons. The number of benzene rings is 1. The van der Waals surface area contributed by atoms with E-state index in [-0.39, 0.29) is 21.5 Å². The molecule has 0 fully saturated rings. The maximum Gasteiger partial charge on any atom is 0.256 e. The lowest BCUT2D eigenvalue weighted by atomic mass is 10.3. The molecule has 0 aliphatic heterocycles. The summed E-state index contributed by atoms with van der Waals surface area (Å²) in [5.41, 5.74) is 0.793. The monoisotopic (exact) mass is 441 g/mol. The van der Waals surface area contributed by atoms with Crippen LogP contribution in [0.3, 0.4) is 0 Å².